The monoisotopic (exact) mass is 532 g/mol. The van der Waals surface area contributed by atoms with Gasteiger partial charge in [-0.3, -0.25) is 0 Å². The minimum atomic E-state index is -0.597. The van der Waals surface area contributed by atoms with Crippen LogP contribution < -0.4 is 9.47 Å². The van der Waals surface area contributed by atoms with Crippen LogP contribution >= 0.6 is 0 Å². The van der Waals surface area contributed by atoms with E-state index in [4.69, 9.17) is 9.47 Å². The molecule has 0 radical (unpaired) electrons. The molecule has 4 heteroatoms. The van der Waals surface area contributed by atoms with Gasteiger partial charge in [0.25, 0.3) is 0 Å². The van der Waals surface area contributed by atoms with E-state index in [0.29, 0.717) is 5.75 Å². The van der Waals surface area contributed by atoms with Crippen LogP contribution in [0.2, 0.25) is 0 Å². The van der Waals surface area contributed by atoms with E-state index in [9.17, 15) is 9.18 Å². The van der Waals surface area contributed by atoms with Gasteiger partial charge in [-0.25, -0.2) is 9.18 Å². The molecule has 0 heterocycles. The van der Waals surface area contributed by atoms with Gasteiger partial charge in [0.05, 0.1) is 11.7 Å². The highest BCUT2D eigenvalue weighted by molar-refractivity contribution is 5.91. The highest BCUT2D eigenvalue weighted by Crippen LogP contribution is 2.25. The smallest absolute Gasteiger partial charge is 0.343 e. The molecular formula is C35H45FO3. The summed E-state index contributed by atoms with van der Waals surface area (Å²) in [6.45, 7) is 6.37. The highest BCUT2D eigenvalue weighted by Gasteiger charge is 2.15. The molecule has 0 saturated heterocycles. The Bertz CT molecular complexity index is 1120. The second kappa shape index (κ2) is 16.7. The fraction of sp³-hybridized carbons (Fsp3) is 0.457. The van der Waals surface area contributed by atoms with Crippen molar-refractivity contribution in [1.82, 2.24) is 0 Å². The second-order valence-corrected chi connectivity index (χ2v) is 10.6. The third-order valence-corrected chi connectivity index (χ3v) is 7.13. The first-order valence-corrected chi connectivity index (χ1v) is 14.9. The molecule has 1 atom stereocenters. The van der Waals surface area contributed by atoms with Crippen LogP contribution in [0.3, 0.4) is 0 Å². The third-order valence-electron chi connectivity index (χ3n) is 7.13. The maximum absolute atomic E-state index is 14.6. The van der Waals surface area contributed by atoms with Crippen LogP contribution in [0.1, 0.15) is 107 Å². The fourth-order valence-corrected chi connectivity index (χ4v) is 4.71. The van der Waals surface area contributed by atoms with Crippen LogP contribution in [0.5, 0.6) is 11.5 Å². The number of hydrogen-bond acceptors (Lipinski definition) is 3. The van der Waals surface area contributed by atoms with Crippen molar-refractivity contribution < 1.29 is 18.7 Å². The number of ether oxygens (including phenoxy) is 2. The van der Waals surface area contributed by atoms with Gasteiger partial charge in [-0.2, -0.15) is 0 Å². The average molecular weight is 533 g/mol. The van der Waals surface area contributed by atoms with E-state index in [-0.39, 0.29) is 17.4 Å². The molecule has 0 aliphatic rings. The average Bonchev–Trinajstić information content (AvgIpc) is 2.95. The molecule has 3 aromatic carbocycles. The molecule has 39 heavy (non-hydrogen) atoms. The molecule has 3 rings (SSSR count). The molecular weight excluding hydrogens is 487 g/mol. The zero-order valence-corrected chi connectivity index (χ0v) is 24.0. The van der Waals surface area contributed by atoms with Gasteiger partial charge in [0.1, 0.15) is 5.75 Å². The molecule has 1 unspecified atom stereocenters. The Morgan fingerprint density at radius 3 is 1.97 bits per heavy atom. The summed E-state index contributed by atoms with van der Waals surface area (Å²) in [6.07, 6.45) is 14.3. The maximum Gasteiger partial charge on any atom is 0.343 e. The first kappa shape index (κ1) is 30.4. The number of carbonyl (C=O) groups excluding carboxylic acids is 1. The van der Waals surface area contributed by atoms with Crippen LogP contribution in [0.4, 0.5) is 4.39 Å². The predicted octanol–water partition coefficient (Wildman–Crippen LogP) is 10.4. The fourth-order valence-electron chi connectivity index (χ4n) is 4.71. The van der Waals surface area contributed by atoms with E-state index in [1.165, 1.54) is 69.1 Å². The quantitative estimate of drug-likeness (QED) is 0.0985. The van der Waals surface area contributed by atoms with Gasteiger partial charge in [-0.1, -0.05) is 102 Å². The maximum atomic E-state index is 14.6. The molecule has 210 valence electrons. The second-order valence-electron chi connectivity index (χ2n) is 10.6. The van der Waals surface area contributed by atoms with E-state index >= 15 is 0 Å². The lowest BCUT2D eigenvalue weighted by Gasteiger charge is -2.15. The Hall–Kier alpha value is -3.14. The number of unbranched alkanes of at least 4 members (excludes halogenated alkanes) is 8. The van der Waals surface area contributed by atoms with Crippen LogP contribution in [0, 0.1) is 5.82 Å². The van der Waals surface area contributed by atoms with E-state index < -0.39 is 11.8 Å². The summed E-state index contributed by atoms with van der Waals surface area (Å²) >= 11 is 0. The van der Waals surface area contributed by atoms with Crippen molar-refractivity contribution in [2.24, 2.45) is 0 Å². The third kappa shape index (κ3) is 10.5. The van der Waals surface area contributed by atoms with Crippen molar-refractivity contribution in [1.29, 1.82) is 0 Å². The molecule has 0 spiro atoms. The van der Waals surface area contributed by atoms with Crippen molar-refractivity contribution in [2.45, 2.75) is 104 Å². The predicted molar refractivity (Wildman–Crippen MR) is 159 cm³/mol. The van der Waals surface area contributed by atoms with E-state index in [0.717, 1.165) is 36.8 Å². The number of esters is 1. The Balaban J connectivity index is 1.49. The normalized spacial score (nSPS) is 11.8. The molecule has 0 saturated carbocycles. The Labute approximate surface area is 234 Å². The van der Waals surface area contributed by atoms with E-state index in [2.05, 4.69) is 38.1 Å². The number of benzene rings is 3. The summed E-state index contributed by atoms with van der Waals surface area (Å²) in [5, 5.41) is 0. The lowest BCUT2D eigenvalue weighted by Crippen LogP contribution is -2.13. The Morgan fingerprint density at radius 1 is 0.744 bits per heavy atom. The molecule has 0 aliphatic heterocycles. The molecule has 3 aromatic rings. The molecule has 0 amide bonds. The van der Waals surface area contributed by atoms with Crippen molar-refractivity contribution in [3.05, 3.63) is 83.7 Å². The zero-order chi connectivity index (χ0) is 27.9. The van der Waals surface area contributed by atoms with Crippen LogP contribution in [-0.4, -0.2) is 12.1 Å². The summed E-state index contributed by atoms with van der Waals surface area (Å²) in [7, 11) is 0. The first-order valence-electron chi connectivity index (χ1n) is 14.9. The Morgan fingerprint density at radius 2 is 1.33 bits per heavy atom. The van der Waals surface area contributed by atoms with Crippen LogP contribution in [-0.2, 0) is 6.42 Å². The summed E-state index contributed by atoms with van der Waals surface area (Å²) in [4.78, 5) is 12.6. The number of halogens is 1. The molecule has 0 aromatic heterocycles. The zero-order valence-electron chi connectivity index (χ0n) is 24.0. The van der Waals surface area contributed by atoms with Gasteiger partial charge in [0.2, 0.25) is 0 Å². The summed E-state index contributed by atoms with van der Waals surface area (Å²) < 4.78 is 25.9. The summed E-state index contributed by atoms with van der Waals surface area (Å²) in [5.41, 5.74) is 3.69. The van der Waals surface area contributed by atoms with Gasteiger partial charge in [-0.05, 0) is 79.6 Å². The Kier molecular flexibility index (Phi) is 13.1. The van der Waals surface area contributed by atoms with Crippen molar-refractivity contribution in [3.8, 4) is 22.6 Å². The SMILES string of the molecule is CCCCCCCCc1ccc(-c2ccc(OC(=O)c3ccc(OC(C)CCCCCC)c(F)c3)cc2)cc1. The number of aryl methyl sites for hydroxylation is 1. The van der Waals surface area contributed by atoms with Gasteiger partial charge in [0, 0.05) is 0 Å². The van der Waals surface area contributed by atoms with Gasteiger partial charge in [-0.15, -0.1) is 0 Å². The highest BCUT2D eigenvalue weighted by atomic mass is 19.1. The summed E-state index contributed by atoms with van der Waals surface area (Å²) in [5.74, 6) is -0.568. The number of rotatable bonds is 17. The minimum Gasteiger partial charge on any atom is -0.488 e. The molecule has 0 fully saturated rings. The number of hydrogen-bond donors (Lipinski definition) is 0. The van der Waals surface area contributed by atoms with Crippen molar-refractivity contribution >= 4 is 5.97 Å². The van der Waals surface area contributed by atoms with Gasteiger partial charge < -0.3 is 9.47 Å². The minimum absolute atomic E-state index is 0.0794. The van der Waals surface area contributed by atoms with Gasteiger partial charge in [0.15, 0.2) is 11.6 Å². The molecule has 0 aliphatic carbocycles. The standard InChI is InChI=1S/C35H45FO3/c1-4-6-8-10-11-13-15-28-16-18-29(19-17-28)30-20-23-32(24-21-30)39-35(37)31-22-25-34(33(36)26-31)38-27(3)14-12-9-7-5-2/h16-27H,4-15H2,1-3H3. The molecule has 0 N–H and O–H groups in total. The lowest BCUT2D eigenvalue weighted by atomic mass is 10.0. The number of carbonyl (C=O) groups is 1. The van der Waals surface area contributed by atoms with E-state index in [1.54, 1.807) is 18.2 Å². The molecule has 0 bridgehead atoms. The van der Waals surface area contributed by atoms with Crippen molar-refractivity contribution in [2.75, 3.05) is 0 Å². The lowest BCUT2D eigenvalue weighted by molar-refractivity contribution is 0.0734. The van der Waals surface area contributed by atoms with E-state index in [1.807, 2.05) is 19.1 Å². The largest absolute Gasteiger partial charge is 0.488 e. The molecule has 3 nitrogen and oxygen atoms in total. The van der Waals surface area contributed by atoms with Gasteiger partial charge >= 0.3 is 5.97 Å². The summed E-state index contributed by atoms with van der Waals surface area (Å²) in [6, 6.07) is 20.3. The first-order chi connectivity index (χ1) is 19.0. The van der Waals surface area contributed by atoms with Crippen molar-refractivity contribution in [3.63, 3.8) is 0 Å². The topological polar surface area (TPSA) is 35.5 Å². The van der Waals surface area contributed by atoms with Crippen LogP contribution in [0.25, 0.3) is 11.1 Å². The van der Waals surface area contributed by atoms with Crippen LogP contribution in [0.15, 0.2) is 66.7 Å².